The van der Waals surface area contributed by atoms with E-state index in [0.29, 0.717) is 5.15 Å². The first-order valence-corrected chi connectivity index (χ1v) is 4.98. The summed E-state index contributed by atoms with van der Waals surface area (Å²) >= 11 is 6.03. The zero-order valence-corrected chi connectivity index (χ0v) is 8.97. The van der Waals surface area contributed by atoms with E-state index in [-0.39, 0.29) is 0 Å². The molecule has 2 heterocycles. The second-order valence-electron chi connectivity index (χ2n) is 3.09. The quantitative estimate of drug-likeness (QED) is 0.824. The second-order valence-corrected chi connectivity index (χ2v) is 3.45. The van der Waals surface area contributed by atoms with Crippen molar-refractivity contribution in [1.82, 2.24) is 9.38 Å². The van der Waals surface area contributed by atoms with Crippen molar-refractivity contribution in [2.45, 2.75) is 13.3 Å². The molecule has 0 bridgehead atoms. The number of halogens is 1. The summed E-state index contributed by atoms with van der Waals surface area (Å²) in [6.45, 7) is 2.07. The fraction of sp³-hybridized carbons (Fsp3) is 0.300. The molecule has 74 valence electrons. The highest BCUT2D eigenvalue weighted by atomic mass is 35.5. The molecule has 3 nitrogen and oxygen atoms in total. The number of fused-ring (bicyclic) bond motifs is 1. The molecule has 0 amide bonds. The lowest BCUT2D eigenvalue weighted by Gasteiger charge is -2.01. The van der Waals surface area contributed by atoms with Gasteiger partial charge in [0.25, 0.3) is 0 Å². The molecule has 0 spiro atoms. The summed E-state index contributed by atoms with van der Waals surface area (Å²) in [6.07, 6.45) is 2.87. The van der Waals surface area contributed by atoms with Crippen molar-refractivity contribution in [3.63, 3.8) is 0 Å². The first-order chi connectivity index (χ1) is 6.76. The summed E-state index contributed by atoms with van der Waals surface area (Å²) in [5.74, 6) is 0.993. The maximum atomic E-state index is 6.03. The van der Waals surface area contributed by atoms with E-state index >= 15 is 0 Å². The Morgan fingerprint density at radius 2 is 2.36 bits per heavy atom. The average molecular weight is 210 g/mol. The molecule has 0 aliphatic carbocycles. The van der Waals surface area contributed by atoms with E-state index in [0.717, 1.165) is 23.4 Å². The number of aryl methyl sites for hydroxylation is 1. The minimum absolute atomic E-state index is 0.568. The van der Waals surface area contributed by atoms with Crippen LogP contribution in [0.5, 0.6) is 0 Å². The normalized spacial score (nSPS) is 10.8. The van der Waals surface area contributed by atoms with E-state index in [4.69, 9.17) is 11.6 Å². The van der Waals surface area contributed by atoms with Gasteiger partial charge in [-0.1, -0.05) is 18.5 Å². The van der Waals surface area contributed by atoms with Crippen molar-refractivity contribution < 1.29 is 0 Å². The molecule has 0 aliphatic rings. The third kappa shape index (κ3) is 1.34. The van der Waals surface area contributed by atoms with Gasteiger partial charge in [0.05, 0.1) is 5.52 Å². The van der Waals surface area contributed by atoms with Gasteiger partial charge in [-0.15, -0.1) is 0 Å². The molecule has 0 fully saturated rings. The van der Waals surface area contributed by atoms with E-state index in [1.54, 1.807) is 0 Å². The van der Waals surface area contributed by atoms with E-state index in [1.165, 1.54) is 0 Å². The Morgan fingerprint density at radius 3 is 3.00 bits per heavy atom. The first kappa shape index (κ1) is 9.34. The topological polar surface area (TPSA) is 29.3 Å². The molecule has 2 rings (SSSR count). The smallest absolute Gasteiger partial charge is 0.155 e. The third-order valence-corrected chi connectivity index (χ3v) is 2.55. The second kappa shape index (κ2) is 3.50. The molecular weight excluding hydrogens is 198 g/mol. The number of rotatable bonds is 2. The first-order valence-electron chi connectivity index (χ1n) is 4.60. The van der Waals surface area contributed by atoms with Crippen molar-refractivity contribution in [2.75, 3.05) is 12.4 Å². The number of pyridine rings is 1. The van der Waals surface area contributed by atoms with Gasteiger partial charge < -0.3 is 9.72 Å². The molecule has 2 aromatic rings. The van der Waals surface area contributed by atoms with Crippen LogP contribution in [0.2, 0.25) is 5.15 Å². The number of hydrogen-bond acceptors (Lipinski definition) is 2. The number of aromatic nitrogens is 2. The lowest BCUT2D eigenvalue weighted by Crippen LogP contribution is -1.93. The molecule has 4 heteroatoms. The van der Waals surface area contributed by atoms with Crippen LogP contribution in [0.3, 0.4) is 0 Å². The van der Waals surface area contributed by atoms with Gasteiger partial charge in [-0.3, -0.25) is 0 Å². The fourth-order valence-electron chi connectivity index (χ4n) is 1.51. The molecule has 0 saturated carbocycles. The Labute approximate surface area is 87.7 Å². The Morgan fingerprint density at radius 1 is 1.57 bits per heavy atom. The summed E-state index contributed by atoms with van der Waals surface area (Å²) in [4.78, 5) is 4.28. The van der Waals surface area contributed by atoms with Gasteiger partial charge in [0.2, 0.25) is 0 Å². The lowest BCUT2D eigenvalue weighted by atomic mass is 10.3. The zero-order chi connectivity index (χ0) is 10.1. The monoisotopic (exact) mass is 209 g/mol. The zero-order valence-electron chi connectivity index (χ0n) is 8.21. The van der Waals surface area contributed by atoms with Gasteiger partial charge in [0.1, 0.15) is 5.82 Å². The molecule has 14 heavy (non-hydrogen) atoms. The molecule has 0 aliphatic heterocycles. The van der Waals surface area contributed by atoms with Gasteiger partial charge >= 0.3 is 0 Å². The van der Waals surface area contributed by atoms with Crippen LogP contribution >= 0.6 is 11.6 Å². The summed E-state index contributed by atoms with van der Waals surface area (Å²) in [5.41, 5.74) is 2.00. The largest absolute Gasteiger partial charge is 0.388 e. The molecule has 1 N–H and O–H groups in total. The highest BCUT2D eigenvalue weighted by Gasteiger charge is 2.07. The lowest BCUT2D eigenvalue weighted by molar-refractivity contribution is 0.934. The molecule has 0 saturated heterocycles. The maximum absolute atomic E-state index is 6.03. The molecule has 0 aromatic carbocycles. The average Bonchev–Trinajstić information content (AvgIpc) is 2.55. The summed E-state index contributed by atoms with van der Waals surface area (Å²) in [6, 6.07) is 4.00. The van der Waals surface area contributed by atoms with Gasteiger partial charge in [0.15, 0.2) is 5.15 Å². The molecule has 0 unspecified atom stereocenters. The predicted molar refractivity (Wildman–Crippen MR) is 59.1 cm³/mol. The van der Waals surface area contributed by atoms with Gasteiger partial charge in [-0.25, -0.2) is 4.98 Å². The van der Waals surface area contributed by atoms with E-state index in [1.807, 2.05) is 29.8 Å². The number of imidazole rings is 1. The standard InChI is InChI=1S/C10H12ClN3/c1-3-9-13-10(11)8-6-7(12-2)4-5-14(8)9/h4-6,12H,3H2,1-2H3. The van der Waals surface area contributed by atoms with Crippen LogP contribution in [0, 0.1) is 0 Å². The van der Waals surface area contributed by atoms with Crippen LogP contribution in [0.4, 0.5) is 5.69 Å². The van der Waals surface area contributed by atoms with Crippen LogP contribution in [-0.4, -0.2) is 16.4 Å². The number of nitrogens with zero attached hydrogens (tertiary/aromatic N) is 2. The summed E-state index contributed by atoms with van der Waals surface area (Å²) in [7, 11) is 1.89. The van der Waals surface area contributed by atoms with E-state index in [2.05, 4.69) is 17.2 Å². The van der Waals surface area contributed by atoms with Crippen LogP contribution in [0.1, 0.15) is 12.7 Å². The van der Waals surface area contributed by atoms with E-state index in [9.17, 15) is 0 Å². The van der Waals surface area contributed by atoms with E-state index < -0.39 is 0 Å². The Hall–Kier alpha value is -1.22. The van der Waals surface area contributed by atoms with Gasteiger partial charge in [0, 0.05) is 25.4 Å². The maximum Gasteiger partial charge on any atom is 0.155 e. The highest BCUT2D eigenvalue weighted by Crippen LogP contribution is 2.21. The number of anilines is 1. The molecular formula is C10H12ClN3. The van der Waals surface area contributed by atoms with Crippen molar-refractivity contribution in [2.24, 2.45) is 0 Å². The fourth-order valence-corrected chi connectivity index (χ4v) is 1.76. The van der Waals surface area contributed by atoms with Crippen molar-refractivity contribution in [3.8, 4) is 0 Å². The SMILES string of the molecule is CCc1nc(Cl)c2cc(NC)ccn12. The minimum atomic E-state index is 0.568. The van der Waals surface area contributed by atoms with Crippen LogP contribution in [0.25, 0.3) is 5.52 Å². The van der Waals surface area contributed by atoms with Crippen LogP contribution < -0.4 is 5.32 Å². The van der Waals surface area contributed by atoms with Gasteiger partial charge in [-0.05, 0) is 12.1 Å². The Balaban J connectivity index is 2.70. The Bertz CT molecular complexity index is 462. The molecule has 2 aromatic heterocycles. The van der Waals surface area contributed by atoms with Gasteiger partial charge in [-0.2, -0.15) is 0 Å². The third-order valence-electron chi connectivity index (χ3n) is 2.28. The van der Waals surface area contributed by atoms with Crippen molar-refractivity contribution in [1.29, 1.82) is 0 Å². The number of hydrogen-bond donors (Lipinski definition) is 1. The van der Waals surface area contributed by atoms with Crippen molar-refractivity contribution >= 4 is 22.8 Å². The Kier molecular flexibility index (Phi) is 2.33. The highest BCUT2D eigenvalue weighted by molar-refractivity contribution is 6.32. The van der Waals surface area contributed by atoms with Crippen LogP contribution in [-0.2, 0) is 6.42 Å². The summed E-state index contributed by atoms with van der Waals surface area (Å²) < 4.78 is 2.02. The van der Waals surface area contributed by atoms with Crippen molar-refractivity contribution in [3.05, 3.63) is 29.3 Å². The predicted octanol–water partition coefficient (Wildman–Crippen LogP) is 2.59. The number of nitrogens with one attached hydrogen (secondary N) is 1. The molecule has 0 atom stereocenters. The van der Waals surface area contributed by atoms with Crippen LogP contribution in [0.15, 0.2) is 18.3 Å². The minimum Gasteiger partial charge on any atom is -0.388 e. The molecule has 0 radical (unpaired) electrons. The summed E-state index contributed by atoms with van der Waals surface area (Å²) in [5, 5.41) is 3.64.